The van der Waals surface area contributed by atoms with Gasteiger partial charge < -0.3 is 5.32 Å². The monoisotopic (exact) mass is 378 g/mol. The first-order chi connectivity index (χ1) is 11.0. The molecule has 0 saturated carbocycles. The highest BCUT2D eigenvalue weighted by Crippen LogP contribution is 2.20. The molecule has 0 heterocycles. The zero-order chi connectivity index (χ0) is 16.8. The van der Waals surface area contributed by atoms with E-state index in [9.17, 15) is 9.18 Å². The van der Waals surface area contributed by atoms with Crippen LogP contribution in [0.4, 0.5) is 4.39 Å². The van der Waals surface area contributed by atoms with Gasteiger partial charge in [-0.25, -0.2) is 4.39 Å². The van der Waals surface area contributed by atoms with E-state index in [0.717, 1.165) is 17.7 Å². The van der Waals surface area contributed by atoms with Crippen LogP contribution in [0.5, 0.6) is 0 Å². The Balaban J connectivity index is 2.12. The summed E-state index contributed by atoms with van der Waals surface area (Å²) < 4.78 is 14.1. The number of rotatable bonds is 6. The van der Waals surface area contributed by atoms with Crippen LogP contribution in [0.3, 0.4) is 0 Å². The van der Waals surface area contributed by atoms with Crippen molar-refractivity contribution in [3.63, 3.8) is 0 Å². The first-order valence-electron chi connectivity index (χ1n) is 7.49. The van der Waals surface area contributed by atoms with E-state index in [4.69, 9.17) is 0 Å². The zero-order valence-electron chi connectivity index (χ0n) is 13.2. The van der Waals surface area contributed by atoms with Crippen LogP contribution in [0, 0.1) is 5.82 Å². The van der Waals surface area contributed by atoms with E-state index in [1.165, 1.54) is 12.1 Å². The molecule has 0 aliphatic heterocycles. The van der Waals surface area contributed by atoms with Crippen molar-refractivity contribution in [1.82, 2.24) is 10.2 Å². The first kappa shape index (κ1) is 17.6. The average molecular weight is 379 g/mol. The molecular formula is C18H20BrFN2O. The van der Waals surface area contributed by atoms with Gasteiger partial charge >= 0.3 is 0 Å². The number of hydrogen-bond acceptors (Lipinski definition) is 2. The third kappa shape index (κ3) is 4.88. The summed E-state index contributed by atoms with van der Waals surface area (Å²) in [5.74, 6) is -0.421. The molecular weight excluding hydrogens is 359 g/mol. The second kappa shape index (κ2) is 8.22. The predicted octanol–water partition coefficient (Wildman–Crippen LogP) is 3.90. The summed E-state index contributed by atoms with van der Waals surface area (Å²) in [5, 5.41) is 2.90. The van der Waals surface area contributed by atoms with Crippen LogP contribution >= 0.6 is 15.9 Å². The zero-order valence-corrected chi connectivity index (χ0v) is 14.8. The maximum atomic E-state index is 13.4. The molecule has 122 valence electrons. The number of halogens is 2. The third-order valence-electron chi connectivity index (χ3n) is 3.69. The molecule has 0 fully saturated rings. The molecule has 1 unspecified atom stereocenters. The number of hydrogen-bond donors (Lipinski definition) is 1. The average Bonchev–Trinajstić information content (AvgIpc) is 2.53. The number of benzene rings is 2. The highest BCUT2D eigenvalue weighted by molar-refractivity contribution is 9.10. The smallest absolute Gasteiger partial charge is 0.242 e. The summed E-state index contributed by atoms with van der Waals surface area (Å²) in [6, 6.07) is 13.9. The lowest BCUT2D eigenvalue weighted by Gasteiger charge is -2.26. The van der Waals surface area contributed by atoms with Gasteiger partial charge in [0.2, 0.25) is 5.91 Å². The van der Waals surface area contributed by atoms with Crippen LogP contribution < -0.4 is 5.32 Å². The largest absolute Gasteiger partial charge is 0.350 e. The number of carbonyl (C=O) groups is 1. The Labute approximate surface area is 144 Å². The minimum atomic E-state index is -0.363. The highest BCUT2D eigenvalue weighted by atomic mass is 79.9. The van der Waals surface area contributed by atoms with Gasteiger partial charge in [-0.05, 0) is 42.9 Å². The van der Waals surface area contributed by atoms with Gasteiger partial charge in [0.25, 0.3) is 0 Å². The normalized spacial score (nSPS) is 12.2. The Kier molecular flexibility index (Phi) is 6.30. The van der Waals surface area contributed by atoms with E-state index in [0.29, 0.717) is 4.47 Å². The van der Waals surface area contributed by atoms with E-state index in [2.05, 4.69) is 21.2 Å². The molecule has 1 atom stereocenters. The molecule has 0 aliphatic carbocycles. The van der Waals surface area contributed by atoms with Crippen molar-refractivity contribution in [2.75, 3.05) is 13.6 Å². The van der Waals surface area contributed by atoms with E-state index >= 15 is 0 Å². The Hall–Kier alpha value is -1.72. The topological polar surface area (TPSA) is 32.3 Å². The summed E-state index contributed by atoms with van der Waals surface area (Å²) in [7, 11) is 1.91. The van der Waals surface area contributed by atoms with Gasteiger partial charge in [-0.15, -0.1) is 0 Å². The predicted molar refractivity (Wildman–Crippen MR) is 93.4 cm³/mol. The van der Waals surface area contributed by atoms with Crippen molar-refractivity contribution in [2.45, 2.75) is 19.5 Å². The summed E-state index contributed by atoms with van der Waals surface area (Å²) in [4.78, 5) is 14.6. The van der Waals surface area contributed by atoms with Crippen molar-refractivity contribution in [3.05, 3.63) is 69.9 Å². The summed E-state index contributed by atoms with van der Waals surface area (Å²) >= 11 is 3.26. The Morgan fingerprint density at radius 3 is 2.57 bits per heavy atom. The Bertz CT molecular complexity index is 643. The number of carbonyl (C=O) groups excluding carboxylic acids is 1. The van der Waals surface area contributed by atoms with E-state index in [1.807, 2.05) is 49.2 Å². The minimum absolute atomic E-state index is 0.0964. The van der Waals surface area contributed by atoms with Crippen molar-refractivity contribution < 1.29 is 9.18 Å². The van der Waals surface area contributed by atoms with Crippen molar-refractivity contribution in [2.24, 2.45) is 0 Å². The lowest BCUT2D eigenvalue weighted by atomic mass is 10.0. The Morgan fingerprint density at radius 2 is 1.96 bits per heavy atom. The van der Waals surface area contributed by atoms with Crippen LogP contribution in [-0.2, 0) is 11.3 Å². The van der Waals surface area contributed by atoms with Crippen LogP contribution in [0.1, 0.15) is 24.1 Å². The molecule has 0 bridgehead atoms. The fourth-order valence-corrected chi connectivity index (χ4v) is 2.94. The van der Waals surface area contributed by atoms with Gasteiger partial charge in [0.05, 0.1) is 0 Å². The maximum Gasteiger partial charge on any atom is 0.242 e. The molecule has 0 aromatic heterocycles. The molecule has 2 rings (SSSR count). The molecule has 0 saturated heterocycles. The molecule has 1 N–H and O–H groups in total. The number of likely N-dealkylation sites (N-methyl/N-ethyl adjacent to an activating group) is 1. The van der Waals surface area contributed by atoms with Gasteiger partial charge in [-0.3, -0.25) is 9.69 Å². The number of amides is 1. The number of nitrogens with one attached hydrogen (secondary N) is 1. The molecule has 0 radical (unpaired) electrons. The number of nitrogens with zero attached hydrogens (tertiary/aromatic N) is 1. The van der Waals surface area contributed by atoms with Crippen molar-refractivity contribution in [1.29, 1.82) is 0 Å². The van der Waals surface area contributed by atoms with Gasteiger partial charge in [0.15, 0.2) is 0 Å². The summed E-state index contributed by atoms with van der Waals surface area (Å²) in [5.41, 5.74) is 1.66. The van der Waals surface area contributed by atoms with Crippen LogP contribution in [0.25, 0.3) is 0 Å². The molecule has 3 nitrogen and oxygen atoms in total. The van der Waals surface area contributed by atoms with E-state index in [-0.39, 0.29) is 24.3 Å². The van der Waals surface area contributed by atoms with Crippen molar-refractivity contribution >= 4 is 21.8 Å². The minimum Gasteiger partial charge on any atom is -0.350 e. The van der Waals surface area contributed by atoms with Crippen molar-refractivity contribution in [3.8, 4) is 0 Å². The maximum absolute atomic E-state index is 13.4. The molecule has 1 amide bonds. The second-order valence-electron chi connectivity index (χ2n) is 5.38. The van der Waals surface area contributed by atoms with Gasteiger partial charge in [0, 0.05) is 11.0 Å². The third-order valence-corrected chi connectivity index (χ3v) is 4.15. The fraction of sp³-hybridized carbons (Fsp3) is 0.278. The van der Waals surface area contributed by atoms with Gasteiger partial charge in [0.1, 0.15) is 11.9 Å². The lowest BCUT2D eigenvalue weighted by Crippen LogP contribution is -2.38. The van der Waals surface area contributed by atoms with E-state index in [1.54, 1.807) is 6.07 Å². The van der Waals surface area contributed by atoms with Crippen LogP contribution in [0.2, 0.25) is 0 Å². The van der Waals surface area contributed by atoms with Gasteiger partial charge in [-0.1, -0.05) is 53.2 Å². The molecule has 2 aromatic rings. The Morgan fingerprint density at radius 1 is 1.26 bits per heavy atom. The van der Waals surface area contributed by atoms with Gasteiger partial charge in [-0.2, -0.15) is 0 Å². The standard InChI is InChI=1S/C18H20BrFN2O/c1-3-22(2)17(14-7-5-4-6-8-14)18(23)21-12-13-9-15(19)11-16(20)10-13/h4-11,17H,3,12H2,1-2H3,(H,21,23). The van der Waals surface area contributed by atoms with Crippen LogP contribution in [-0.4, -0.2) is 24.4 Å². The fourth-order valence-electron chi connectivity index (χ4n) is 2.42. The SMILES string of the molecule is CCN(C)C(C(=O)NCc1cc(F)cc(Br)c1)c1ccccc1. The highest BCUT2D eigenvalue weighted by Gasteiger charge is 2.23. The molecule has 2 aromatic carbocycles. The second-order valence-corrected chi connectivity index (χ2v) is 6.30. The van der Waals surface area contributed by atoms with Crippen LogP contribution in [0.15, 0.2) is 53.0 Å². The molecule has 5 heteroatoms. The molecule has 0 aliphatic rings. The first-order valence-corrected chi connectivity index (χ1v) is 8.28. The summed E-state index contributed by atoms with van der Waals surface area (Å²) in [6.45, 7) is 3.04. The summed E-state index contributed by atoms with van der Waals surface area (Å²) in [6.07, 6.45) is 0. The quantitative estimate of drug-likeness (QED) is 0.826. The molecule has 0 spiro atoms. The molecule has 23 heavy (non-hydrogen) atoms. The lowest BCUT2D eigenvalue weighted by molar-refractivity contribution is -0.126. The van der Waals surface area contributed by atoms with E-state index < -0.39 is 0 Å².